The molecule has 0 bridgehead atoms. The number of carbonyl (C=O) groups excluding carboxylic acids is 2. The van der Waals surface area contributed by atoms with Gasteiger partial charge in [0, 0.05) is 27.3 Å². The number of Topliss-reactive ketones (excluding diaryl/α,β-unsaturated/α-hetero) is 1. The van der Waals surface area contributed by atoms with Crippen LogP contribution < -0.4 is 5.73 Å². The standard InChI is InChI=1S/C29H36ClN3O3/c1-10-23(24-12-11-22(30)13-18(24)3)27-32-19(4)25(26(31)33-27)29(9,16-34)21(6)36-15-17(2)14-28(7,8)20(5)35/h10-13,15-16H,6,14H2,1-5,7-9H3,(H2,31,32,33)/b17-15+,23-10+. The maximum atomic E-state index is 12.4. The second kappa shape index (κ2) is 11.2. The molecule has 0 aliphatic carbocycles. The third kappa shape index (κ3) is 6.11. The first-order valence-corrected chi connectivity index (χ1v) is 12.1. The van der Waals surface area contributed by atoms with Crippen molar-refractivity contribution in [2.24, 2.45) is 5.41 Å². The third-order valence-corrected chi connectivity index (χ3v) is 6.77. The molecule has 0 fully saturated rings. The molecule has 1 unspecified atom stereocenters. The number of hydrogen-bond donors (Lipinski definition) is 1. The van der Waals surface area contributed by atoms with Crippen molar-refractivity contribution in [3.8, 4) is 0 Å². The van der Waals surface area contributed by atoms with E-state index in [4.69, 9.17) is 27.1 Å². The summed E-state index contributed by atoms with van der Waals surface area (Å²) in [6.45, 7) is 18.5. The number of hydrogen-bond acceptors (Lipinski definition) is 6. The van der Waals surface area contributed by atoms with Crippen molar-refractivity contribution < 1.29 is 14.3 Å². The molecule has 2 aromatic rings. The van der Waals surface area contributed by atoms with Crippen LogP contribution in [0.1, 0.15) is 76.2 Å². The normalized spacial score (nSPS) is 14.2. The molecule has 192 valence electrons. The minimum Gasteiger partial charge on any atom is -0.469 e. The summed E-state index contributed by atoms with van der Waals surface area (Å²) in [5, 5.41) is 0.646. The van der Waals surface area contributed by atoms with Gasteiger partial charge in [-0.1, -0.05) is 44.2 Å². The van der Waals surface area contributed by atoms with E-state index in [2.05, 4.69) is 11.6 Å². The first kappa shape index (κ1) is 29.0. The smallest absolute Gasteiger partial charge is 0.162 e. The fourth-order valence-electron chi connectivity index (χ4n) is 4.11. The maximum Gasteiger partial charge on any atom is 0.162 e. The number of aldehydes is 1. The van der Waals surface area contributed by atoms with Crippen molar-refractivity contribution >= 4 is 35.1 Å². The highest BCUT2D eigenvalue weighted by atomic mass is 35.5. The van der Waals surface area contributed by atoms with Gasteiger partial charge in [-0.15, -0.1) is 0 Å². The van der Waals surface area contributed by atoms with Crippen molar-refractivity contribution in [2.75, 3.05) is 5.73 Å². The topological polar surface area (TPSA) is 95.2 Å². The predicted molar refractivity (Wildman–Crippen MR) is 147 cm³/mol. The quantitative estimate of drug-likeness (QED) is 0.283. The number of aromatic nitrogens is 2. The van der Waals surface area contributed by atoms with Crippen LogP contribution in [0.25, 0.3) is 5.57 Å². The monoisotopic (exact) mass is 509 g/mol. The van der Waals surface area contributed by atoms with Crippen molar-refractivity contribution in [3.63, 3.8) is 0 Å². The number of nitrogens with zero attached hydrogens (tertiary/aromatic N) is 2. The van der Waals surface area contributed by atoms with Crippen LogP contribution in [0, 0.1) is 19.3 Å². The van der Waals surface area contributed by atoms with Gasteiger partial charge in [-0.3, -0.25) is 4.79 Å². The molecule has 1 aromatic carbocycles. The molecule has 0 saturated carbocycles. The molecule has 0 aliphatic rings. The minimum absolute atomic E-state index is 0.0849. The third-order valence-electron chi connectivity index (χ3n) is 6.54. The number of rotatable bonds is 10. The highest BCUT2D eigenvalue weighted by Gasteiger charge is 2.37. The molecular weight excluding hydrogens is 474 g/mol. The molecule has 0 saturated heterocycles. The lowest BCUT2D eigenvalue weighted by Crippen LogP contribution is -2.30. The minimum atomic E-state index is -1.29. The molecule has 36 heavy (non-hydrogen) atoms. The van der Waals surface area contributed by atoms with Gasteiger partial charge in [-0.25, -0.2) is 9.97 Å². The van der Waals surface area contributed by atoms with Crippen LogP contribution in [0.15, 0.2) is 48.4 Å². The summed E-state index contributed by atoms with van der Waals surface area (Å²) in [6.07, 6.45) is 4.69. The number of allylic oxidation sites excluding steroid dienone is 3. The van der Waals surface area contributed by atoms with Crippen LogP contribution in [0.5, 0.6) is 0 Å². The van der Waals surface area contributed by atoms with Crippen LogP contribution in [0.3, 0.4) is 0 Å². The van der Waals surface area contributed by atoms with Crippen molar-refractivity contribution in [1.29, 1.82) is 0 Å². The van der Waals surface area contributed by atoms with Gasteiger partial charge in [-0.05, 0) is 76.8 Å². The number of aryl methyl sites for hydroxylation is 2. The number of anilines is 1. The predicted octanol–water partition coefficient (Wildman–Crippen LogP) is 6.68. The summed E-state index contributed by atoms with van der Waals surface area (Å²) >= 11 is 6.13. The Labute approximate surface area is 219 Å². The van der Waals surface area contributed by atoms with Gasteiger partial charge < -0.3 is 15.3 Å². The fraction of sp³-hybridized carbons (Fsp3) is 0.379. The van der Waals surface area contributed by atoms with E-state index in [1.54, 1.807) is 20.8 Å². The van der Waals surface area contributed by atoms with E-state index in [1.807, 2.05) is 58.9 Å². The molecule has 0 aliphatic heterocycles. The Hall–Kier alpha value is -3.25. The second-order valence-corrected chi connectivity index (χ2v) is 10.4. The van der Waals surface area contributed by atoms with Gasteiger partial charge >= 0.3 is 0 Å². The van der Waals surface area contributed by atoms with E-state index in [9.17, 15) is 9.59 Å². The Kier molecular flexibility index (Phi) is 9.03. The largest absolute Gasteiger partial charge is 0.469 e. The summed E-state index contributed by atoms with van der Waals surface area (Å²) in [7, 11) is 0. The molecule has 0 spiro atoms. The number of nitrogens with two attached hydrogens (primary N) is 1. The number of carbonyl (C=O) groups is 2. The first-order chi connectivity index (χ1) is 16.7. The molecule has 1 atom stereocenters. The lowest BCUT2D eigenvalue weighted by molar-refractivity contribution is -0.124. The van der Waals surface area contributed by atoms with Crippen LogP contribution in [0.4, 0.5) is 5.82 Å². The Morgan fingerprint density at radius 3 is 2.33 bits per heavy atom. The van der Waals surface area contributed by atoms with Gasteiger partial charge in [0.05, 0.1) is 6.26 Å². The zero-order valence-corrected chi connectivity index (χ0v) is 23.2. The lowest BCUT2D eigenvalue weighted by Gasteiger charge is -2.28. The zero-order valence-electron chi connectivity index (χ0n) is 22.5. The van der Waals surface area contributed by atoms with Crippen LogP contribution in [-0.2, 0) is 19.7 Å². The SMILES string of the molecule is C=C(O/C=C(\C)CC(C)(C)C(C)=O)C(C)(C=O)c1c(C)nc(/C(=C/C)c2ccc(Cl)cc2C)nc1N. The first-order valence-electron chi connectivity index (χ1n) is 11.7. The number of benzene rings is 1. The zero-order chi connectivity index (χ0) is 27.4. The summed E-state index contributed by atoms with van der Waals surface area (Å²) in [5.74, 6) is 0.884. The molecule has 2 rings (SSSR count). The van der Waals surface area contributed by atoms with Crippen LogP contribution >= 0.6 is 11.6 Å². The van der Waals surface area contributed by atoms with Crippen molar-refractivity contribution in [2.45, 2.75) is 67.2 Å². The molecule has 1 heterocycles. The van der Waals surface area contributed by atoms with E-state index >= 15 is 0 Å². The van der Waals surface area contributed by atoms with Gasteiger partial charge in [0.15, 0.2) is 5.82 Å². The number of ketones is 1. The average molecular weight is 510 g/mol. The van der Waals surface area contributed by atoms with E-state index < -0.39 is 10.8 Å². The molecular formula is C29H36ClN3O3. The number of ether oxygens (including phenoxy) is 1. The summed E-state index contributed by atoms with van der Waals surface area (Å²) in [4.78, 5) is 33.5. The van der Waals surface area contributed by atoms with Gasteiger partial charge in [0.1, 0.15) is 29.1 Å². The molecule has 2 N–H and O–H groups in total. The molecule has 1 aromatic heterocycles. The fourth-order valence-corrected chi connectivity index (χ4v) is 4.34. The Morgan fingerprint density at radius 1 is 1.19 bits per heavy atom. The second-order valence-electron chi connectivity index (χ2n) is 10.00. The number of halogens is 1. The van der Waals surface area contributed by atoms with E-state index in [-0.39, 0.29) is 17.4 Å². The van der Waals surface area contributed by atoms with Crippen molar-refractivity contribution in [1.82, 2.24) is 9.97 Å². The average Bonchev–Trinajstić information content (AvgIpc) is 2.78. The Balaban J connectivity index is 2.44. The molecule has 0 amide bonds. The van der Waals surface area contributed by atoms with Gasteiger partial charge in [-0.2, -0.15) is 0 Å². The summed E-state index contributed by atoms with van der Waals surface area (Å²) < 4.78 is 5.81. The van der Waals surface area contributed by atoms with Gasteiger partial charge in [0.2, 0.25) is 0 Å². The van der Waals surface area contributed by atoms with Crippen molar-refractivity contribution in [3.05, 3.63) is 81.7 Å². The lowest BCUT2D eigenvalue weighted by atomic mass is 9.81. The number of nitrogen functional groups attached to an aromatic ring is 1. The van der Waals surface area contributed by atoms with E-state index in [1.165, 1.54) is 6.26 Å². The molecule has 6 nitrogen and oxygen atoms in total. The summed E-state index contributed by atoms with van der Waals surface area (Å²) in [6, 6.07) is 5.61. The maximum absolute atomic E-state index is 12.4. The highest BCUT2D eigenvalue weighted by molar-refractivity contribution is 6.30. The van der Waals surface area contributed by atoms with Crippen LogP contribution in [0.2, 0.25) is 5.02 Å². The Morgan fingerprint density at radius 2 is 1.83 bits per heavy atom. The van der Waals surface area contributed by atoms with E-state index in [0.29, 0.717) is 28.5 Å². The van der Waals surface area contributed by atoms with Gasteiger partial charge in [0.25, 0.3) is 0 Å². The Bertz CT molecular complexity index is 1240. The van der Waals surface area contributed by atoms with Crippen LogP contribution in [-0.4, -0.2) is 22.0 Å². The molecule has 0 radical (unpaired) electrons. The van der Waals surface area contributed by atoms with E-state index in [0.717, 1.165) is 28.6 Å². The summed E-state index contributed by atoms with van der Waals surface area (Å²) in [5.41, 5.74) is 9.16. The molecule has 7 heteroatoms. The highest BCUT2D eigenvalue weighted by Crippen LogP contribution is 2.37.